The Bertz CT molecular complexity index is 603. The van der Waals surface area contributed by atoms with Gasteiger partial charge in [-0.15, -0.1) is 11.3 Å². The molecule has 0 aliphatic rings. The predicted molar refractivity (Wildman–Crippen MR) is 68.9 cm³/mol. The first kappa shape index (κ1) is 11.8. The Labute approximate surface area is 110 Å². The van der Waals surface area contributed by atoms with Crippen LogP contribution >= 0.6 is 27.3 Å². The number of hydrogen-bond donors (Lipinski definition) is 1. The SMILES string of the molecule is N#Cc1ccnc(C(=O)Nc2ccc(Br)s2)c1. The number of nitriles is 1. The van der Waals surface area contributed by atoms with Gasteiger partial charge in [0, 0.05) is 6.20 Å². The van der Waals surface area contributed by atoms with Crippen LogP contribution in [0.3, 0.4) is 0 Å². The van der Waals surface area contributed by atoms with Crippen molar-refractivity contribution in [1.29, 1.82) is 5.26 Å². The molecule has 0 bridgehead atoms. The molecule has 0 saturated carbocycles. The third-order valence-corrected chi connectivity index (χ3v) is 3.47. The van der Waals surface area contributed by atoms with E-state index in [0.29, 0.717) is 5.56 Å². The number of aromatic nitrogens is 1. The lowest BCUT2D eigenvalue weighted by Crippen LogP contribution is -2.12. The van der Waals surface area contributed by atoms with Crippen molar-refractivity contribution in [3.8, 4) is 6.07 Å². The first-order valence-corrected chi connectivity index (χ1v) is 6.23. The minimum atomic E-state index is -0.323. The van der Waals surface area contributed by atoms with Gasteiger partial charge in [-0.2, -0.15) is 5.26 Å². The topological polar surface area (TPSA) is 65.8 Å². The van der Waals surface area contributed by atoms with Gasteiger partial charge in [-0.1, -0.05) is 0 Å². The maximum Gasteiger partial charge on any atom is 0.274 e. The molecular weight excluding hydrogens is 302 g/mol. The Morgan fingerprint density at radius 2 is 2.29 bits per heavy atom. The van der Waals surface area contributed by atoms with Crippen LogP contribution in [0.5, 0.6) is 0 Å². The van der Waals surface area contributed by atoms with Crippen molar-refractivity contribution in [1.82, 2.24) is 4.98 Å². The summed E-state index contributed by atoms with van der Waals surface area (Å²) in [6.07, 6.45) is 1.44. The largest absolute Gasteiger partial charge is 0.312 e. The Hall–Kier alpha value is -1.71. The molecule has 84 valence electrons. The van der Waals surface area contributed by atoms with Gasteiger partial charge in [0.25, 0.3) is 5.91 Å². The minimum absolute atomic E-state index is 0.230. The highest BCUT2D eigenvalue weighted by atomic mass is 79.9. The number of thiophene rings is 1. The first-order chi connectivity index (χ1) is 8.19. The van der Waals surface area contributed by atoms with Gasteiger partial charge in [0.2, 0.25) is 0 Å². The van der Waals surface area contributed by atoms with Crippen LogP contribution in [-0.2, 0) is 0 Å². The normalized spacial score (nSPS) is 9.65. The van der Waals surface area contributed by atoms with Gasteiger partial charge in [0.05, 0.1) is 20.4 Å². The van der Waals surface area contributed by atoms with E-state index >= 15 is 0 Å². The lowest BCUT2D eigenvalue weighted by Gasteiger charge is -2.01. The zero-order chi connectivity index (χ0) is 12.3. The summed E-state index contributed by atoms with van der Waals surface area (Å²) < 4.78 is 0.937. The van der Waals surface area contributed by atoms with Gasteiger partial charge in [0.1, 0.15) is 5.69 Å². The highest BCUT2D eigenvalue weighted by molar-refractivity contribution is 9.11. The molecule has 0 unspecified atom stereocenters. The standard InChI is InChI=1S/C11H6BrN3OS/c12-9-1-2-10(17-9)15-11(16)8-5-7(6-13)3-4-14-8/h1-5H,(H,15,16). The summed E-state index contributed by atoms with van der Waals surface area (Å²) >= 11 is 4.72. The molecule has 0 aliphatic carbocycles. The lowest BCUT2D eigenvalue weighted by atomic mass is 10.2. The monoisotopic (exact) mass is 307 g/mol. The second-order valence-corrected chi connectivity index (χ2v) is 5.56. The van der Waals surface area contributed by atoms with E-state index in [1.165, 1.54) is 23.6 Å². The molecule has 0 spiro atoms. The quantitative estimate of drug-likeness (QED) is 0.927. The summed E-state index contributed by atoms with van der Waals surface area (Å²) in [5, 5.41) is 12.2. The van der Waals surface area contributed by atoms with E-state index in [1.807, 2.05) is 12.1 Å². The molecule has 0 radical (unpaired) electrons. The first-order valence-electron chi connectivity index (χ1n) is 4.62. The number of amides is 1. The fraction of sp³-hybridized carbons (Fsp3) is 0. The Morgan fingerprint density at radius 1 is 1.47 bits per heavy atom. The van der Waals surface area contributed by atoms with Gasteiger partial charge in [-0.05, 0) is 40.2 Å². The number of carbonyl (C=O) groups excluding carboxylic acids is 1. The Balaban J connectivity index is 2.17. The van der Waals surface area contributed by atoms with E-state index in [-0.39, 0.29) is 11.6 Å². The minimum Gasteiger partial charge on any atom is -0.312 e. The van der Waals surface area contributed by atoms with Gasteiger partial charge >= 0.3 is 0 Å². The Morgan fingerprint density at radius 3 is 2.94 bits per heavy atom. The number of halogens is 1. The molecule has 2 aromatic rings. The molecule has 1 amide bonds. The molecular formula is C11H6BrN3OS. The smallest absolute Gasteiger partial charge is 0.274 e. The van der Waals surface area contributed by atoms with Gasteiger partial charge in [-0.25, -0.2) is 0 Å². The van der Waals surface area contributed by atoms with Gasteiger partial charge < -0.3 is 5.32 Å². The summed E-state index contributed by atoms with van der Waals surface area (Å²) in [6.45, 7) is 0. The zero-order valence-electron chi connectivity index (χ0n) is 8.48. The second kappa shape index (κ2) is 5.08. The molecule has 6 heteroatoms. The molecule has 0 aromatic carbocycles. The van der Waals surface area contributed by atoms with Crippen LogP contribution in [0.1, 0.15) is 16.1 Å². The number of nitrogens with zero attached hydrogens (tertiary/aromatic N) is 2. The molecule has 2 heterocycles. The number of hydrogen-bond acceptors (Lipinski definition) is 4. The molecule has 2 aromatic heterocycles. The molecule has 0 saturated heterocycles. The summed E-state index contributed by atoms with van der Waals surface area (Å²) in [7, 11) is 0. The number of pyridine rings is 1. The number of carbonyl (C=O) groups is 1. The van der Waals surface area contributed by atoms with Crippen LogP contribution in [0, 0.1) is 11.3 Å². The summed E-state index contributed by atoms with van der Waals surface area (Å²) in [5.41, 5.74) is 0.645. The van der Waals surface area contributed by atoms with Crippen molar-refractivity contribution in [2.75, 3.05) is 5.32 Å². The third kappa shape index (κ3) is 2.90. The van der Waals surface area contributed by atoms with Crippen molar-refractivity contribution in [3.63, 3.8) is 0 Å². The van der Waals surface area contributed by atoms with Crippen molar-refractivity contribution >= 4 is 38.2 Å². The maximum atomic E-state index is 11.8. The third-order valence-electron chi connectivity index (χ3n) is 1.93. The van der Waals surface area contributed by atoms with Crippen molar-refractivity contribution in [3.05, 3.63) is 45.5 Å². The van der Waals surface area contributed by atoms with Crippen LogP contribution < -0.4 is 5.32 Å². The lowest BCUT2D eigenvalue weighted by molar-refractivity contribution is 0.102. The van der Waals surface area contributed by atoms with Gasteiger partial charge in [0.15, 0.2) is 0 Å². The maximum absolute atomic E-state index is 11.8. The van der Waals surface area contributed by atoms with E-state index in [4.69, 9.17) is 5.26 Å². The van der Waals surface area contributed by atoms with E-state index in [0.717, 1.165) is 8.79 Å². The van der Waals surface area contributed by atoms with Crippen LogP contribution in [0.15, 0.2) is 34.2 Å². The highest BCUT2D eigenvalue weighted by Crippen LogP contribution is 2.26. The summed E-state index contributed by atoms with van der Waals surface area (Å²) in [4.78, 5) is 15.7. The van der Waals surface area contributed by atoms with Crippen molar-refractivity contribution in [2.24, 2.45) is 0 Å². The van der Waals surface area contributed by atoms with Crippen LogP contribution in [0.4, 0.5) is 5.00 Å². The summed E-state index contributed by atoms with van der Waals surface area (Å²) in [5.74, 6) is -0.323. The van der Waals surface area contributed by atoms with Crippen molar-refractivity contribution in [2.45, 2.75) is 0 Å². The zero-order valence-corrected chi connectivity index (χ0v) is 10.9. The molecule has 4 nitrogen and oxygen atoms in total. The van der Waals surface area contributed by atoms with E-state index in [9.17, 15) is 4.79 Å². The van der Waals surface area contributed by atoms with Crippen LogP contribution in [0.2, 0.25) is 0 Å². The van der Waals surface area contributed by atoms with E-state index < -0.39 is 0 Å². The Kier molecular flexibility index (Phi) is 3.52. The molecule has 0 atom stereocenters. The van der Waals surface area contributed by atoms with E-state index in [2.05, 4.69) is 26.2 Å². The fourth-order valence-corrected chi connectivity index (χ4v) is 2.46. The van der Waals surface area contributed by atoms with Crippen LogP contribution in [-0.4, -0.2) is 10.9 Å². The molecule has 2 rings (SSSR count). The van der Waals surface area contributed by atoms with Crippen molar-refractivity contribution < 1.29 is 4.79 Å². The molecule has 17 heavy (non-hydrogen) atoms. The van der Waals surface area contributed by atoms with Gasteiger partial charge in [-0.3, -0.25) is 9.78 Å². The highest BCUT2D eigenvalue weighted by Gasteiger charge is 2.09. The second-order valence-electron chi connectivity index (χ2n) is 3.10. The number of anilines is 1. The van der Waals surface area contributed by atoms with E-state index in [1.54, 1.807) is 12.1 Å². The number of nitrogens with one attached hydrogen (secondary N) is 1. The van der Waals surface area contributed by atoms with Crippen LogP contribution in [0.25, 0.3) is 0 Å². The molecule has 1 N–H and O–H groups in total. The predicted octanol–water partition coefficient (Wildman–Crippen LogP) is 3.03. The number of rotatable bonds is 2. The summed E-state index contributed by atoms with van der Waals surface area (Å²) in [6, 6.07) is 8.61. The fourth-order valence-electron chi connectivity index (χ4n) is 1.18. The molecule has 0 fully saturated rings. The molecule has 0 aliphatic heterocycles. The average Bonchev–Trinajstić information content (AvgIpc) is 2.75. The average molecular weight is 308 g/mol.